The van der Waals surface area contributed by atoms with Crippen molar-refractivity contribution < 1.29 is 32.2 Å². The molecule has 0 radical (unpaired) electrons. The van der Waals surface area contributed by atoms with E-state index in [0.717, 1.165) is 5.56 Å². The van der Waals surface area contributed by atoms with E-state index < -0.39 is 16.0 Å². The summed E-state index contributed by atoms with van der Waals surface area (Å²) >= 11 is 0. The molecule has 1 N–H and O–H groups in total. The number of carbonyl (C=O) groups is 1. The van der Waals surface area contributed by atoms with Crippen molar-refractivity contribution in [3.8, 4) is 23.0 Å². The number of nitrogens with one attached hydrogen (secondary N) is 1. The van der Waals surface area contributed by atoms with Crippen LogP contribution in [0.25, 0.3) is 0 Å². The van der Waals surface area contributed by atoms with Gasteiger partial charge in [-0.2, -0.15) is 0 Å². The molecule has 160 valence electrons. The van der Waals surface area contributed by atoms with E-state index in [1.165, 1.54) is 37.4 Å². The maximum absolute atomic E-state index is 12.9. The van der Waals surface area contributed by atoms with E-state index in [4.69, 9.17) is 18.9 Å². The SMILES string of the molecule is COC(=O)c1ccc(Oc2ccc3c(c2)OCO3)c(NS(=O)(=O)c2ccc(C)cc2)c1. The van der Waals surface area contributed by atoms with Gasteiger partial charge >= 0.3 is 5.97 Å². The van der Waals surface area contributed by atoms with Crippen LogP contribution in [0.3, 0.4) is 0 Å². The molecule has 0 atom stereocenters. The molecule has 3 aromatic carbocycles. The zero-order chi connectivity index (χ0) is 22.0. The van der Waals surface area contributed by atoms with Gasteiger partial charge in [-0.05, 0) is 49.4 Å². The molecule has 8 nitrogen and oxygen atoms in total. The van der Waals surface area contributed by atoms with Crippen molar-refractivity contribution >= 4 is 21.7 Å². The Hall–Kier alpha value is -3.72. The van der Waals surface area contributed by atoms with Gasteiger partial charge in [-0.3, -0.25) is 4.72 Å². The Morgan fingerprint density at radius 2 is 1.71 bits per heavy atom. The summed E-state index contributed by atoms with van der Waals surface area (Å²) in [5.74, 6) is 1.11. The molecule has 0 spiro atoms. The summed E-state index contributed by atoms with van der Waals surface area (Å²) in [6, 6.07) is 15.7. The summed E-state index contributed by atoms with van der Waals surface area (Å²) in [5, 5.41) is 0. The molecule has 0 saturated heterocycles. The normalized spacial score (nSPS) is 12.3. The third kappa shape index (κ3) is 4.41. The highest BCUT2D eigenvalue weighted by atomic mass is 32.2. The Morgan fingerprint density at radius 1 is 0.968 bits per heavy atom. The summed E-state index contributed by atoms with van der Waals surface area (Å²) in [6.07, 6.45) is 0. The van der Waals surface area contributed by atoms with Crippen LogP contribution >= 0.6 is 0 Å². The lowest BCUT2D eigenvalue weighted by Crippen LogP contribution is -2.14. The van der Waals surface area contributed by atoms with Crippen molar-refractivity contribution in [1.82, 2.24) is 0 Å². The van der Waals surface area contributed by atoms with E-state index in [0.29, 0.717) is 17.2 Å². The molecule has 0 aromatic heterocycles. The number of benzene rings is 3. The molecule has 0 amide bonds. The highest BCUT2D eigenvalue weighted by Crippen LogP contribution is 2.38. The van der Waals surface area contributed by atoms with Crippen LogP contribution in [0.1, 0.15) is 15.9 Å². The number of hydrogen-bond donors (Lipinski definition) is 1. The number of esters is 1. The van der Waals surface area contributed by atoms with Crippen LogP contribution in [-0.2, 0) is 14.8 Å². The molecular weight excluding hydrogens is 422 g/mol. The number of anilines is 1. The number of aryl methyl sites for hydroxylation is 1. The predicted molar refractivity (Wildman–Crippen MR) is 112 cm³/mol. The molecular formula is C22H19NO7S. The lowest BCUT2D eigenvalue weighted by atomic mass is 10.2. The topological polar surface area (TPSA) is 100 Å². The average Bonchev–Trinajstić information content (AvgIpc) is 3.22. The van der Waals surface area contributed by atoms with E-state index in [1.54, 1.807) is 30.3 Å². The van der Waals surface area contributed by atoms with Gasteiger partial charge in [0, 0.05) is 6.07 Å². The van der Waals surface area contributed by atoms with Gasteiger partial charge in [0.15, 0.2) is 17.2 Å². The van der Waals surface area contributed by atoms with Gasteiger partial charge < -0.3 is 18.9 Å². The smallest absolute Gasteiger partial charge is 0.337 e. The number of fused-ring (bicyclic) bond motifs is 1. The number of ether oxygens (including phenoxy) is 4. The second-order valence-corrected chi connectivity index (χ2v) is 8.42. The molecule has 4 rings (SSSR count). The van der Waals surface area contributed by atoms with Gasteiger partial charge in [0.25, 0.3) is 10.0 Å². The van der Waals surface area contributed by atoms with Crippen LogP contribution in [0.2, 0.25) is 0 Å². The molecule has 0 saturated carbocycles. The maximum atomic E-state index is 12.9. The fourth-order valence-corrected chi connectivity index (χ4v) is 3.99. The molecule has 0 bridgehead atoms. The number of sulfonamides is 1. The fourth-order valence-electron chi connectivity index (χ4n) is 2.93. The molecule has 1 aliphatic rings. The summed E-state index contributed by atoms with van der Waals surface area (Å²) < 4.78 is 49.6. The van der Waals surface area contributed by atoms with Crippen LogP contribution < -0.4 is 18.9 Å². The molecule has 0 aliphatic carbocycles. The summed E-state index contributed by atoms with van der Waals surface area (Å²) in [6.45, 7) is 1.98. The minimum atomic E-state index is -3.93. The summed E-state index contributed by atoms with van der Waals surface area (Å²) in [7, 11) is -2.68. The third-order valence-corrected chi connectivity index (χ3v) is 5.93. The molecule has 3 aromatic rings. The molecule has 9 heteroatoms. The lowest BCUT2D eigenvalue weighted by molar-refractivity contribution is 0.0600. The van der Waals surface area contributed by atoms with Gasteiger partial charge in [0.05, 0.1) is 23.3 Å². The number of hydrogen-bond acceptors (Lipinski definition) is 7. The van der Waals surface area contributed by atoms with E-state index in [9.17, 15) is 13.2 Å². The van der Waals surface area contributed by atoms with E-state index in [2.05, 4.69) is 4.72 Å². The zero-order valence-corrected chi connectivity index (χ0v) is 17.6. The Kier molecular flexibility index (Phi) is 5.43. The van der Waals surface area contributed by atoms with E-state index in [1.807, 2.05) is 6.92 Å². The van der Waals surface area contributed by atoms with Crippen molar-refractivity contribution in [3.63, 3.8) is 0 Å². The largest absolute Gasteiger partial charge is 0.465 e. The van der Waals surface area contributed by atoms with Crippen molar-refractivity contribution in [2.75, 3.05) is 18.6 Å². The first-order valence-corrected chi connectivity index (χ1v) is 10.7. The van der Waals surface area contributed by atoms with Crippen LogP contribution in [-0.4, -0.2) is 28.3 Å². The van der Waals surface area contributed by atoms with E-state index in [-0.39, 0.29) is 28.7 Å². The van der Waals surface area contributed by atoms with Crippen molar-refractivity contribution in [2.24, 2.45) is 0 Å². The lowest BCUT2D eigenvalue weighted by Gasteiger charge is -2.15. The molecule has 0 fully saturated rings. The van der Waals surface area contributed by atoms with Gasteiger partial charge in [0.1, 0.15) is 5.75 Å². The number of methoxy groups -OCH3 is 1. The van der Waals surface area contributed by atoms with E-state index >= 15 is 0 Å². The Balaban J connectivity index is 1.70. The average molecular weight is 441 g/mol. The standard InChI is InChI=1S/C22H19NO7S/c1-14-3-7-17(8-4-14)31(25,26)23-18-11-15(22(24)27-2)5-9-19(18)30-16-6-10-20-21(12-16)29-13-28-20/h3-12,23H,13H2,1-2H3. The zero-order valence-electron chi connectivity index (χ0n) is 16.7. The monoisotopic (exact) mass is 441 g/mol. The highest BCUT2D eigenvalue weighted by Gasteiger charge is 2.20. The van der Waals surface area contributed by atoms with Gasteiger partial charge in [-0.1, -0.05) is 17.7 Å². The predicted octanol–water partition coefficient (Wildman–Crippen LogP) is 4.10. The minimum absolute atomic E-state index is 0.0793. The minimum Gasteiger partial charge on any atom is -0.465 e. The Bertz CT molecular complexity index is 1240. The molecule has 1 aliphatic heterocycles. The molecule has 0 unspecified atom stereocenters. The van der Waals surface area contributed by atoms with Crippen molar-refractivity contribution in [1.29, 1.82) is 0 Å². The van der Waals surface area contributed by atoms with Crippen LogP contribution in [0, 0.1) is 6.92 Å². The first-order chi connectivity index (χ1) is 14.9. The second kappa shape index (κ2) is 8.19. The second-order valence-electron chi connectivity index (χ2n) is 6.74. The Morgan fingerprint density at radius 3 is 2.45 bits per heavy atom. The first kappa shape index (κ1) is 20.5. The maximum Gasteiger partial charge on any atom is 0.337 e. The Labute approximate surface area is 179 Å². The third-order valence-electron chi connectivity index (χ3n) is 4.55. The quantitative estimate of drug-likeness (QED) is 0.575. The van der Waals surface area contributed by atoms with Crippen LogP contribution in [0.5, 0.6) is 23.0 Å². The number of carbonyl (C=O) groups excluding carboxylic acids is 1. The first-order valence-electron chi connectivity index (χ1n) is 9.25. The summed E-state index contributed by atoms with van der Waals surface area (Å²) in [4.78, 5) is 12.0. The van der Waals surface area contributed by atoms with Crippen LogP contribution in [0.15, 0.2) is 65.6 Å². The number of rotatable bonds is 6. The van der Waals surface area contributed by atoms with Crippen molar-refractivity contribution in [3.05, 3.63) is 71.8 Å². The highest BCUT2D eigenvalue weighted by molar-refractivity contribution is 7.92. The summed E-state index contributed by atoms with van der Waals surface area (Å²) in [5.41, 5.74) is 1.18. The van der Waals surface area contributed by atoms with Crippen molar-refractivity contribution in [2.45, 2.75) is 11.8 Å². The molecule has 31 heavy (non-hydrogen) atoms. The van der Waals surface area contributed by atoms with Crippen LogP contribution in [0.4, 0.5) is 5.69 Å². The van der Waals surface area contributed by atoms with Gasteiger partial charge in [-0.15, -0.1) is 0 Å². The fraction of sp³-hybridized carbons (Fsp3) is 0.136. The molecule has 1 heterocycles. The van der Waals surface area contributed by atoms with Gasteiger partial charge in [-0.25, -0.2) is 13.2 Å². The van der Waals surface area contributed by atoms with Gasteiger partial charge in [0.2, 0.25) is 6.79 Å².